The third kappa shape index (κ3) is 3.69. The van der Waals surface area contributed by atoms with Gasteiger partial charge in [0.15, 0.2) is 0 Å². The second kappa shape index (κ2) is 6.75. The molecule has 100 valence electrons. The molecule has 0 amide bonds. The Morgan fingerprint density at radius 3 is 2.65 bits per heavy atom. The maximum Gasteiger partial charge on any atom is 0.0249 e. The van der Waals surface area contributed by atoms with Crippen LogP contribution in [0.3, 0.4) is 0 Å². The molecule has 0 aromatic carbocycles. The van der Waals surface area contributed by atoms with Crippen molar-refractivity contribution in [2.45, 2.75) is 70.9 Å². The van der Waals surface area contributed by atoms with Gasteiger partial charge in [0, 0.05) is 18.6 Å². The lowest BCUT2D eigenvalue weighted by molar-refractivity contribution is 0.176. The second-order valence-electron chi connectivity index (χ2n) is 6.15. The molecule has 2 heteroatoms. The van der Waals surface area contributed by atoms with Crippen LogP contribution in [0.2, 0.25) is 0 Å². The number of hydrogen-bond donors (Lipinski definition) is 1. The highest BCUT2D eigenvalue weighted by Gasteiger charge is 2.31. The maximum atomic E-state index is 3.81. The quantitative estimate of drug-likeness (QED) is 0.757. The second-order valence-corrected chi connectivity index (χ2v) is 6.15. The zero-order valence-electron chi connectivity index (χ0n) is 11.8. The van der Waals surface area contributed by atoms with E-state index in [2.05, 4.69) is 24.1 Å². The van der Waals surface area contributed by atoms with Gasteiger partial charge in [-0.3, -0.25) is 4.90 Å². The molecule has 1 aliphatic carbocycles. The molecule has 2 rings (SSSR count). The molecular formula is C15H30N2. The van der Waals surface area contributed by atoms with Gasteiger partial charge in [-0.25, -0.2) is 0 Å². The first-order valence-corrected chi connectivity index (χ1v) is 7.78. The van der Waals surface area contributed by atoms with Gasteiger partial charge in [0.25, 0.3) is 0 Å². The van der Waals surface area contributed by atoms with Crippen LogP contribution in [-0.2, 0) is 0 Å². The monoisotopic (exact) mass is 238 g/mol. The number of rotatable bonds is 4. The van der Waals surface area contributed by atoms with Crippen molar-refractivity contribution in [3.8, 4) is 0 Å². The largest absolute Gasteiger partial charge is 0.312 e. The summed E-state index contributed by atoms with van der Waals surface area (Å²) in [4.78, 5) is 2.78. The van der Waals surface area contributed by atoms with Crippen molar-refractivity contribution >= 4 is 0 Å². The minimum atomic E-state index is 0.766. The lowest BCUT2D eigenvalue weighted by Gasteiger charge is -2.34. The maximum absolute atomic E-state index is 3.81. The van der Waals surface area contributed by atoms with E-state index >= 15 is 0 Å². The van der Waals surface area contributed by atoms with E-state index in [1.807, 2.05) is 0 Å². The topological polar surface area (TPSA) is 15.3 Å². The summed E-state index contributed by atoms with van der Waals surface area (Å²) < 4.78 is 0. The van der Waals surface area contributed by atoms with Gasteiger partial charge in [0.05, 0.1) is 0 Å². The fourth-order valence-electron chi connectivity index (χ4n) is 3.56. The summed E-state index contributed by atoms with van der Waals surface area (Å²) in [7, 11) is 0. The molecular weight excluding hydrogens is 208 g/mol. The third-order valence-corrected chi connectivity index (χ3v) is 4.56. The number of nitrogens with one attached hydrogen (secondary N) is 1. The Bertz CT molecular complexity index is 217. The Hall–Kier alpha value is -0.0800. The first kappa shape index (κ1) is 13.4. The molecule has 1 saturated carbocycles. The lowest BCUT2D eigenvalue weighted by atomic mass is 10.0. The summed E-state index contributed by atoms with van der Waals surface area (Å²) >= 11 is 0. The average Bonchev–Trinajstić information content (AvgIpc) is 2.63. The van der Waals surface area contributed by atoms with Crippen molar-refractivity contribution in [3.05, 3.63) is 0 Å². The van der Waals surface area contributed by atoms with Crippen LogP contribution < -0.4 is 5.32 Å². The summed E-state index contributed by atoms with van der Waals surface area (Å²) in [6, 6.07) is 1.59. The Labute approximate surface area is 107 Å². The zero-order chi connectivity index (χ0) is 12.1. The normalized spacial score (nSPS) is 36.0. The molecule has 2 aliphatic rings. The van der Waals surface area contributed by atoms with E-state index < -0.39 is 0 Å². The molecule has 1 N–H and O–H groups in total. The van der Waals surface area contributed by atoms with Gasteiger partial charge >= 0.3 is 0 Å². The first-order valence-electron chi connectivity index (χ1n) is 7.78. The Kier molecular flexibility index (Phi) is 5.30. The fourth-order valence-corrected chi connectivity index (χ4v) is 3.56. The van der Waals surface area contributed by atoms with Crippen molar-refractivity contribution in [1.29, 1.82) is 0 Å². The minimum absolute atomic E-state index is 0.766. The molecule has 0 radical (unpaired) electrons. The van der Waals surface area contributed by atoms with E-state index in [0.29, 0.717) is 0 Å². The van der Waals surface area contributed by atoms with E-state index in [0.717, 1.165) is 18.0 Å². The van der Waals surface area contributed by atoms with Crippen LogP contribution in [0.25, 0.3) is 0 Å². The van der Waals surface area contributed by atoms with Crippen LogP contribution in [0, 0.1) is 5.92 Å². The van der Waals surface area contributed by atoms with Gasteiger partial charge in [0.2, 0.25) is 0 Å². The summed E-state index contributed by atoms with van der Waals surface area (Å²) in [5.74, 6) is 0.921. The molecule has 1 heterocycles. The van der Waals surface area contributed by atoms with Crippen LogP contribution in [-0.4, -0.2) is 36.6 Å². The van der Waals surface area contributed by atoms with Crippen LogP contribution in [0.1, 0.15) is 58.8 Å². The van der Waals surface area contributed by atoms with Crippen molar-refractivity contribution in [3.63, 3.8) is 0 Å². The van der Waals surface area contributed by atoms with E-state index in [1.54, 1.807) is 0 Å². The molecule has 3 unspecified atom stereocenters. The fraction of sp³-hybridized carbons (Fsp3) is 1.00. The van der Waals surface area contributed by atoms with Gasteiger partial charge in [-0.2, -0.15) is 0 Å². The van der Waals surface area contributed by atoms with E-state index in [1.165, 1.54) is 64.6 Å². The lowest BCUT2D eigenvalue weighted by Crippen LogP contribution is -2.49. The number of hydrogen-bond acceptors (Lipinski definition) is 2. The van der Waals surface area contributed by atoms with E-state index in [-0.39, 0.29) is 0 Å². The molecule has 17 heavy (non-hydrogen) atoms. The Morgan fingerprint density at radius 1 is 1.12 bits per heavy atom. The number of likely N-dealkylation sites (tertiary alicyclic amines) is 1. The van der Waals surface area contributed by atoms with Gasteiger partial charge in [0.1, 0.15) is 0 Å². The highest BCUT2D eigenvalue weighted by Crippen LogP contribution is 2.27. The van der Waals surface area contributed by atoms with Crippen molar-refractivity contribution in [1.82, 2.24) is 10.2 Å². The van der Waals surface area contributed by atoms with E-state index in [4.69, 9.17) is 0 Å². The molecule has 0 aromatic heterocycles. The van der Waals surface area contributed by atoms with Gasteiger partial charge in [-0.15, -0.1) is 0 Å². The molecule has 2 nitrogen and oxygen atoms in total. The highest BCUT2D eigenvalue weighted by molar-refractivity contribution is 4.89. The molecule has 1 saturated heterocycles. The highest BCUT2D eigenvalue weighted by atomic mass is 15.2. The standard InChI is InChI=1S/C15H30N2/c1-3-10-16-14-7-5-4-6-8-15(14)17-11-9-13(2)12-17/h13-16H,3-12H2,1-2H3. The third-order valence-electron chi connectivity index (χ3n) is 4.56. The summed E-state index contributed by atoms with van der Waals surface area (Å²) in [6.45, 7) is 8.57. The smallest absolute Gasteiger partial charge is 0.0249 e. The Balaban J connectivity index is 1.93. The molecule has 0 spiro atoms. The minimum Gasteiger partial charge on any atom is -0.312 e. The van der Waals surface area contributed by atoms with E-state index in [9.17, 15) is 0 Å². The van der Waals surface area contributed by atoms with Crippen molar-refractivity contribution in [2.75, 3.05) is 19.6 Å². The Morgan fingerprint density at radius 2 is 1.94 bits per heavy atom. The molecule has 0 bridgehead atoms. The van der Waals surface area contributed by atoms with Crippen LogP contribution >= 0.6 is 0 Å². The average molecular weight is 238 g/mol. The van der Waals surface area contributed by atoms with Gasteiger partial charge in [-0.05, 0) is 44.7 Å². The van der Waals surface area contributed by atoms with Crippen molar-refractivity contribution in [2.24, 2.45) is 5.92 Å². The molecule has 2 fully saturated rings. The summed E-state index contributed by atoms with van der Waals surface area (Å²) in [5.41, 5.74) is 0. The molecule has 3 atom stereocenters. The summed E-state index contributed by atoms with van der Waals surface area (Å²) in [6.07, 6.45) is 9.82. The van der Waals surface area contributed by atoms with Gasteiger partial charge < -0.3 is 5.32 Å². The molecule has 1 aliphatic heterocycles. The summed E-state index contributed by atoms with van der Waals surface area (Å²) in [5, 5.41) is 3.81. The van der Waals surface area contributed by atoms with Crippen molar-refractivity contribution < 1.29 is 0 Å². The van der Waals surface area contributed by atoms with Crippen LogP contribution in [0.4, 0.5) is 0 Å². The zero-order valence-corrected chi connectivity index (χ0v) is 11.8. The predicted octanol–water partition coefficient (Wildman–Crippen LogP) is 3.03. The van der Waals surface area contributed by atoms with Crippen LogP contribution in [0.15, 0.2) is 0 Å². The number of nitrogens with zero attached hydrogens (tertiary/aromatic N) is 1. The first-order chi connectivity index (χ1) is 8.31. The van der Waals surface area contributed by atoms with Gasteiger partial charge in [-0.1, -0.05) is 33.1 Å². The SMILES string of the molecule is CCCNC1CCCCCC1N1CCC(C)C1. The predicted molar refractivity (Wildman–Crippen MR) is 74.3 cm³/mol. The van der Waals surface area contributed by atoms with Crippen LogP contribution in [0.5, 0.6) is 0 Å². The molecule has 0 aromatic rings.